The standard InChI is InChI=1S/C6H10O.5C5H8/c7-5-6-3-1-2-4-6;5*1-2-4-5-3-1/h3,7H,1-2,4-5H2;5*1-2H,3-5H2. The van der Waals surface area contributed by atoms with Crippen molar-refractivity contribution in [2.45, 2.75) is 116 Å². The Morgan fingerprint density at radius 3 is 0.781 bits per heavy atom. The predicted molar refractivity (Wildman–Crippen MR) is 144 cm³/mol. The minimum absolute atomic E-state index is 0.278. The maximum Gasteiger partial charge on any atom is 0.0641 e. The number of hydrogen-bond donors (Lipinski definition) is 1. The first kappa shape index (κ1) is 28.4. The van der Waals surface area contributed by atoms with Gasteiger partial charge >= 0.3 is 0 Å². The van der Waals surface area contributed by atoms with Crippen LogP contribution in [0.1, 0.15) is 116 Å². The van der Waals surface area contributed by atoms with Gasteiger partial charge in [-0.1, -0.05) is 66.8 Å². The fraction of sp³-hybridized carbons (Fsp3) is 0.613. The Balaban J connectivity index is 0.000000193. The van der Waals surface area contributed by atoms with E-state index in [0.717, 1.165) is 6.42 Å². The predicted octanol–water partition coefficient (Wildman–Crippen LogP) is 9.72. The number of hydrogen-bond acceptors (Lipinski definition) is 1. The topological polar surface area (TPSA) is 20.2 Å². The summed E-state index contributed by atoms with van der Waals surface area (Å²) in [7, 11) is 0. The fourth-order valence-electron chi connectivity index (χ4n) is 3.83. The molecule has 0 radical (unpaired) electrons. The highest BCUT2D eigenvalue weighted by Gasteiger charge is 2.00. The van der Waals surface area contributed by atoms with Crippen molar-refractivity contribution in [3.63, 3.8) is 0 Å². The molecule has 0 aromatic carbocycles. The summed E-state index contributed by atoms with van der Waals surface area (Å²) in [6.07, 6.45) is 48.2. The van der Waals surface area contributed by atoms with Crippen LogP contribution in [0, 0.1) is 0 Å². The first-order valence-electron chi connectivity index (χ1n) is 13.5. The van der Waals surface area contributed by atoms with E-state index < -0.39 is 0 Å². The number of aliphatic hydroxyl groups is 1. The average Bonchev–Trinajstić information content (AvgIpc) is 3.77. The lowest BCUT2D eigenvalue weighted by atomic mass is 10.2. The molecule has 32 heavy (non-hydrogen) atoms. The van der Waals surface area contributed by atoms with Gasteiger partial charge in [0.1, 0.15) is 0 Å². The first-order chi connectivity index (χ1) is 15.9. The van der Waals surface area contributed by atoms with Gasteiger partial charge in [-0.05, 0) is 121 Å². The minimum Gasteiger partial charge on any atom is -0.392 e. The summed E-state index contributed by atoms with van der Waals surface area (Å²) in [5.41, 5.74) is 1.22. The Bertz CT molecular complexity index is 450. The zero-order chi connectivity index (χ0) is 22.8. The van der Waals surface area contributed by atoms with Crippen LogP contribution < -0.4 is 0 Å². The Kier molecular flexibility index (Phi) is 21.4. The first-order valence-corrected chi connectivity index (χ1v) is 13.5. The molecule has 0 bridgehead atoms. The van der Waals surface area contributed by atoms with Crippen molar-refractivity contribution >= 4 is 0 Å². The van der Waals surface area contributed by atoms with Gasteiger partial charge in [0.15, 0.2) is 0 Å². The van der Waals surface area contributed by atoms with Gasteiger partial charge in [0, 0.05) is 0 Å². The smallest absolute Gasteiger partial charge is 0.0641 e. The molecule has 1 nitrogen and oxygen atoms in total. The summed E-state index contributed by atoms with van der Waals surface area (Å²) in [6.45, 7) is 0.278. The lowest BCUT2D eigenvalue weighted by Gasteiger charge is -1.88. The molecule has 0 fully saturated rings. The molecule has 0 heterocycles. The largest absolute Gasteiger partial charge is 0.392 e. The monoisotopic (exact) mass is 438 g/mol. The zero-order valence-electron chi connectivity index (χ0n) is 20.7. The van der Waals surface area contributed by atoms with Crippen molar-refractivity contribution in [2.75, 3.05) is 6.61 Å². The number of aliphatic hydroxyl groups excluding tert-OH is 1. The molecule has 180 valence electrons. The van der Waals surface area contributed by atoms with Gasteiger partial charge in [-0.15, -0.1) is 0 Å². The summed E-state index contributed by atoms with van der Waals surface area (Å²) in [5, 5.41) is 8.50. The van der Waals surface area contributed by atoms with Crippen LogP contribution in [-0.2, 0) is 0 Å². The molecule has 6 aliphatic carbocycles. The van der Waals surface area contributed by atoms with E-state index >= 15 is 0 Å². The van der Waals surface area contributed by atoms with E-state index in [1.54, 1.807) is 0 Å². The summed E-state index contributed by atoms with van der Waals surface area (Å²) in [4.78, 5) is 0. The second-order valence-electron chi connectivity index (χ2n) is 8.92. The van der Waals surface area contributed by atoms with E-state index in [9.17, 15) is 0 Å². The molecular weight excluding hydrogens is 388 g/mol. The van der Waals surface area contributed by atoms with Gasteiger partial charge in [0.25, 0.3) is 0 Å². The van der Waals surface area contributed by atoms with Gasteiger partial charge in [0.2, 0.25) is 0 Å². The highest BCUT2D eigenvalue weighted by atomic mass is 16.3. The molecule has 0 unspecified atom stereocenters. The third-order valence-electron chi connectivity index (χ3n) is 5.88. The van der Waals surface area contributed by atoms with Crippen LogP contribution in [0.5, 0.6) is 0 Å². The maximum absolute atomic E-state index is 8.50. The SMILES string of the molecule is C1=CCCC1.C1=CCCC1.C1=CCCC1.C1=CCCC1.C1=CCCC1.OCC1=CCCC1. The molecule has 0 aliphatic heterocycles. The molecule has 6 aliphatic rings. The molecule has 6 rings (SSSR count). The summed E-state index contributed by atoms with van der Waals surface area (Å²) < 4.78 is 0. The summed E-state index contributed by atoms with van der Waals surface area (Å²) in [6, 6.07) is 0. The Morgan fingerprint density at radius 1 is 0.406 bits per heavy atom. The molecule has 1 heteroatoms. The van der Waals surface area contributed by atoms with Gasteiger partial charge in [-0.2, -0.15) is 0 Å². The van der Waals surface area contributed by atoms with Crippen LogP contribution >= 0.6 is 0 Å². The Labute approximate surface area is 199 Å². The molecule has 0 saturated carbocycles. The van der Waals surface area contributed by atoms with Crippen LogP contribution in [0.2, 0.25) is 0 Å². The highest BCUT2D eigenvalue weighted by molar-refractivity contribution is 5.06. The average molecular weight is 439 g/mol. The summed E-state index contributed by atoms with van der Waals surface area (Å²) >= 11 is 0. The molecule has 0 atom stereocenters. The van der Waals surface area contributed by atoms with Crippen LogP contribution in [0.4, 0.5) is 0 Å². The second kappa shape index (κ2) is 24.1. The summed E-state index contributed by atoms with van der Waals surface area (Å²) in [5.74, 6) is 0. The van der Waals surface area contributed by atoms with E-state index in [2.05, 4.69) is 66.8 Å². The van der Waals surface area contributed by atoms with Gasteiger partial charge in [-0.3, -0.25) is 0 Å². The highest BCUT2D eigenvalue weighted by Crippen LogP contribution is 2.15. The molecule has 0 saturated heterocycles. The molecule has 1 N–H and O–H groups in total. The van der Waals surface area contributed by atoms with Crippen molar-refractivity contribution in [3.8, 4) is 0 Å². The van der Waals surface area contributed by atoms with Crippen molar-refractivity contribution in [2.24, 2.45) is 0 Å². The van der Waals surface area contributed by atoms with Crippen molar-refractivity contribution in [1.82, 2.24) is 0 Å². The number of rotatable bonds is 1. The van der Waals surface area contributed by atoms with Crippen molar-refractivity contribution < 1.29 is 5.11 Å². The Morgan fingerprint density at radius 2 is 0.688 bits per heavy atom. The van der Waals surface area contributed by atoms with Crippen LogP contribution in [-0.4, -0.2) is 11.7 Å². The normalized spacial score (nSPS) is 20.6. The van der Waals surface area contributed by atoms with E-state index in [1.165, 1.54) is 115 Å². The van der Waals surface area contributed by atoms with Gasteiger partial charge in [0.05, 0.1) is 6.61 Å². The minimum atomic E-state index is 0.278. The van der Waals surface area contributed by atoms with E-state index in [0.29, 0.717) is 0 Å². The molecule has 0 amide bonds. The molecule has 0 aromatic heterocycles. The molecular formula is C31H50O. The van der Waals surface area contributed by atoms with Crippen molar-refractivity contribution in [3.05, 3.63) is 72.4 Å². The van der Waals surface area contributed by atoms with Crippen LogP contribution in [0.25, 0.3) is 0 Å². The quantitative estimate of drug-likeness (QED) is 0.404. The van der Waals surface area contributed by atoms with Crippen molar-refractivity contribution in [1.29, 1.82) is 0 Å². The van der Waals surface area contributed by atoms with Gasteiger partial charge in [-0.25, -0.2) is 0 Å². The third-order valence-corrected chi connectivity index (χ3v) is 5.88. The lowest BCUT2D eigenvalue weighted by molar-refractivity contribution is 0.328. The zero-order valence-corrected chi connectivity index (χ0v) is 20.7. The van der Waals surface area contributed by atoms with Gasteiger partial charge < -0.3 is 5.11 Å². The Hall–Kier alpha value is -1.60. The number of allylic oxidation sites excluding steroid dienone is 11. The maximum atomic E-state index is 8.50. The van der Waals surface area contributed by atoms with Crippen LogP contribution in [0.3, 0.4) is 0 Å². The van der Waals surface area contributed by atoms with E-state index in [-0.39, 0.29) is 6.61 Å². The third kappa shape index (κ3) is 20.3. The van der Waals surface area contributed by atoms with E-state index in [1.807, 2.05) is 0 Å². The van der Waals surface area contributed by atoms with E-state index in [4.69, 9.17) is 5.11 Å². The fourth-order valence-corrected chi connectivity index (χ4v) is 3.83. The second-order valence-corrected chi connectivity index (χ2v) is 8.92. The van der Waals surface area contributed by atoms with Crippen LogP contribution in [0.15, 0.2) is 72.4 Å². The molecule has 0 spiro atoms. The lowest BCUT2D eigenvalue weighted by Crippen LogP contribution is -1.82. The molecule has 0 aromatic rings.